The molecule has 0 bridgehead atoms. The van der Waals surface area contributed by atoms with Crippen LogP contribution in [0.5, 0.6) is 0 Å². The molecule has 0 saturated heterocycles. The largest absolute Gasteiger partial charge is 0.380 e. The van der Waals surface area contributed by atoms with Crippen LogP contribution in [0.3, 0.4) is 0 Å². The van der Waals surface area contributed by atoms with Gasteiger partial charge in [-0.25, -0.2) is 0 Å². The zero-order valence-corrected chi connectivity index (χ0v) is 10.6. The van der Waals surface area contributed by atoms with Crippen molar-refractivity contribution in [2.75, 3.05) is 19.0 Å². The molecular weight excluding hydrogens is 220 g/mol. The van der Waals surface area contributed by atoms with Gasteiger partial charge < -0.3 is 15.4 Å². The number of nitrogens with one attached hydrogen (secondary N) is 2. The number of para-hydroxylation sites is 1. The Bertz CT molecular complexity index is 342. The number of hydrogen-bond donors (Lipinski definition) is 2. The van der Waals surface area contributed by atoms with Crippen LogP contribution in [0.4, 0.5) is 5.69 Å². The summed E-state index contributed by atoms with van der Waals surface area (Å²) in [6, 6.07) is 7.98. The van der Waals surface area contributed by atoms with Crippen molar-refractivity contribution in [2.45, 2.75) is 20.0 Å². The van der Waals surface area contributed by atoms with E-state index in [1.807, 2.05) is 24.3 Å². The van der Waals surface area contributed by atoms with Crippen molar-refractivity contribution in [3.63, 3.8) is 0 Å². The van der Waals surface area contributed by atoms with E-state index < -0.39 is 0 Å². The highest BCUT2D eigenvalue weighted by atomic mass is 32.1. The summed E-state index contributed by atoms with van der Waals surface area (Å²) >= 11 is 5.18. The fourth-order valence-corrected chi connectivity index (χ4v) is 1.54. The van der Waals surface area contributed by atoms with Crippen LogP contribution < -0.4 is 10.6 Å². The third-order valence-electron chi connectivity index (χ3n) is 2.10. The van der Waals surface area contributed by atoms with Gasteiger partial charge >= 0.3 is 0 Å². The maximum Gasteiger partial charge on any atom is 0.170 e. The molecule has 0 aliphatic rings. The molecule has 1 rings (SSSR count). The summed E-state index contributed by atoms with van der Waals surface area (Å²) in [4.78, 5) is 0. The van der Waals surface area contributed by atoms with Crippen LogP contribution in [0.25, 0.3) is 0 Å². The minimum atomic E-state index is 0.583. The lowest BCUT2D eigenvalue weighted by Crippen LogP contribution is -2.29. The van der Waals surface area contributed by atoms with Gasteiger partial charge in [0.05, 0.1) is 6.61 Å². The van der Waals surface area contributed by atoms with Gasteiger partial charge in [0.25, 0.3) is 0 Å². The second-order valence-corrected chi connectivity index (χ2v) is 3.88. The zero-order valence-electron chi connectivity index (χ0n) is 9.75. The van der Waals surface area contributed by atoms with Gasteiger partial charge in [0, 0.05) is 24.9 Å². The van der Waals surface area contributed by atoms with Gasteiger partial charge in [-0.05, 0) is 24.7 Å². The molecule has 1 aromatic rings. The first-order valence-corrected chi connectivity index (χ1v) is 5.80. The Hall–Kier alpha value is -1.13. The molecule has 0 aliphatic heterocycles. The summed E-state index contributed by atoms with van der Waals surface area (Å²) in [5.74, 6) is 0. The highest BCUT2D eigenvalue weighted by Gasteiger charge is 2.02. The summed E-state index contributed by atoms with van der Waals surface area (Å²) in [7, 11) is 1.68. The summed E-state index contributed by atoms with van der Waals surface area (Å²) in [6.45, 7) is 3.58. The Morgan fingerprint density at radius 2 is 2.12 bits per heavy atom. The van der Waals surface area contributed by atoms with Crippen LogP contribution in [-0.2, 0) is 11.3 Å². The second-order valence-electron chi connectivity index (χ2n) is 3.47. The van der Waals surface area contributed by atoms with Crippen molar-refractivity contribution in [3.05, 3.63) is 29.8 Å². The van der Waals surface area contributed by atoms with Crippen LogP contribution >= 0.6 is 12.2 Å². The molecular formula is C12H18N2OS. The Morgan fingerprint density at radius 3 is 2.81 bits per heavy atom. The minimum Gasteiger partial charge on any atom is -0.380 e. The maximum atomic E-state index is 5.18. The summed E-state index contributed by atoms with van der Waals surface area (Å²) in [5, 5.41) is 6.96. The molecule has 0 radical (unpaired) electrons. The van der Waals surface area contributed by atoms with Gasteiger partial charge in [-0.15, -0.1) is 0 Å². The molecule has 0 saturated carbocycles. The third kappa shape index (κ3) is 4.16. The lowest BCUT2D eigenvalue weighted by atomic mass is 10.2. The average molecular weight is 238 g/mol. The third-order valence-corrected chi connectivity index (χ3v) is 2.35. The standard InChI is InChI=1S/C12H18N2OS/c1-3-8-13-12(16)14-11-7-5-4-6-10(11)9-15-2/h4-7H,3,8-9H2,1-2H3,(H2,13,14,16). The molecule has 2 N–H and O–H groups in total. The van der Waals surface area contributed by atoms with Crippen LogP contribution in [0, 0.1) is 0 Å². The van der Waals surface area contributed by atoms with Gasteiger partial charge in [-0.2, -0.15) is 0 Å². The van der Waals surface area contributed by atoms with Crippen molar-refractivity contribution >= 4 is 23.0 Å². The Labute approximate surface area is 102 Å². The predicted octanol–water partition coefficient (Wildman–Crippen LogP) is 2.53. The van der Waals surface area contributed by atoms with Crippen molar-refractivity contribution in [3.8, 4) is 0 Å². The van der Waals surface area contributed by atoms with Crippen molar-refractivity contribution in [2.24, 2.45) is 0 Å². The number of hydrogen-bond acceptors (Lipinski definition) is 2. The molecule has 1 aromatic carbocycles. The number of anilines is 1. The number of thiocarbonyl (C=S) groups is 1. The Kier molecular flexibility index (Phi) is 5.82. The average Bonchev–Trinajstić information content (AvgIpc) is 2.29. The Morgan fingerprint density at radius 1 is 1.38 bits per heavy atom. The molecule has 0 aliphatic carbocycles. The summed E-state index contributed by atoms with van der Waals surface area (Å²) in [6.07, 6.45) is 1.06. The highest BCUT2D eigenvalue weighted by Crippen LogP contribution is 2.15. The van der Waals surface area contributed by atoms with Crippen molar-refractivity contribution in [1.29, 1.82) is 0 Å². The van der Waals surface area contributed by atoms with E-state index in [0.717, 1.165) is 24.2 Å². The number of methoxy groups -OCH3 is 1. The topological polar surface area (TPSA) is 33.3 Å². The molecule has 3 nitrogen and oxygen atoms in total. The molecule has 0 spiro atoms. The summed E-state index contributed by atoms with van der Waals surface area (Å²) in [5.41, 5.74) is 2.10. The molecule has 0 unspecified atom stereocenters. The fourth-order valence-electron chi connectivity index (χ4n) is 1.33. The lowest BCUT2D eigenvalue weighted by molar-refractivity contribution is 0.185. The smallest absolute Gasteiger partial charge is 0.170 e. The van der Waals surface area contributed by atoms with Crippen molar-refractivity contribution < 1.29 is 4.74 Å². The molecule has 0 amide bonds. The first-order valence-electron chi connectivity index (χ1n) is 5.39. The van der Waals surface area contributed by atoms with E-state index in [4.69, 9.17) is 17.0 Å². The highest BCUT2D eigenvalue weighted by molar-refractivity contribution is 7.80. The van der Waals surface area contributed by atoms with E-state index in [0.29, 0.717) is 11.7 Å². The maximum absolute atomic E-state index is 5.18. The first kappa shape index (κ1) is 12.9. The van der Waals surface area contributed by atoms with Crippen LogP contribution in [0.1, 0.15) is 18.9 Å². The first-order chi connectivity index (χ1) is 7.77. The fraction of sp³-hybridized carbons (Fsp3) is 0.417. The molecule has 0 atom stereocenters. The second kappa shape index (κ2) is 7.19. The van der Waals surface area contributed by atoms with E-state index in [-0.39, 0.29) is 0 Å². The van der Waals surface area contributed by atoms with E-state index in [1.54, 1.807) is 7.11 Å². The van der Waals surface area contributed by atoms with Crippen molar-refractivity contribution in [1.82, 2.24) is 5.32 Å². The van der Waals surface area contributed by atoms with Gasteiger partial charge in [0.1, 0.15) is 0 Å². The quantitative estimate of drug-likeness (QED) is 0.772. The number of ether oxygens (including phenoxy) is 1. The van der Waals surface area contributed by atoms with E-state index in [9.17, 15) is 0 Å². The van der Waals surface area contributed by atoms with E-state index in [2.05, 4.69) is 17.6 Å². The predicted molar refractivity (Wildman–Crippen MR) is 71.7 cm³/mol. The normalized spacial score (nSPS) is 9.88. The van der Waals surface area contributed by atoms with Crippen LogP contribution in [-0.4, -0.2) is 18.8 Å². The Balaban J connectivity index is 2.61. The van der Waals surface area contributed by atoms with Crippen LogP contribution in [0.15, 0.2) is 24.3 Å². The zero-order chi connectivity index (χ0) is 11.8. The lowest BCUT2D eigenvalue weighted by Gasteiger charge is -2.13. The van der Waals surface area contributed by atoms with Gasteiger partial charge in [0.2, 0.25) is 0 Å². The molecule has 0 fully saturated rings. The number of rotatable bonds is 5. The van der Waals surface area contributed by atoms with Gasteiger partial charge in [-0.1, -0.05) is 25.1 Å². The molecule has 0 aromatic heterocycles. The molecule has 16 heavy (non-hydrogen) atoms. The molecule has 4 heteroatoms. The minimum absolute atomic E-state index is 0.583. The van der Waals surface area contributed by atoms with Gasteiger partial charge in [-0.3, -0.25) is 0 Å². The van der Waals surface area contributed by atoms with Crippen LogP contribution in [0.2, 0.25) is 0 Å². The number of benzene rings is 1. The molecule has 0 heterocycles. The summed E-state index contributed by atoms with van der Waals surface area (Å²) < 4.78 is 5.13. The SMILES string of the molecule is CCCNC(=S)Nc1ccccc1COC. The monoisotopic (exact) mass is 238 g/mol. The van der Waals surface area contributed by atoms with E-state index >= 15 is 0 Å². The van der Waals surface area contributed by atoms with Gasteiger partial charge in [0.15, 0.2) is 5.11 Å². The molecule has 88 valence electrons. The van der Waals surface area contributed by atoms with E-state index in [1.165, 1.54) is 0 Å².